The summed E-state index contributed by atoms with van der Waals surface area (Å²) in [5.41, 5.74) is 0.581. The second-order valence-electron chi connectivity index (χ2n) is 6.62. The molecule has 1 N–H and O–H groups in total. The molecule has 0 bridgehead atoms. The van der Waals surface area contributed by atoms with E-state index in [1.165, 1.54) is 0 Å². The highest BCUT2D eigenvalue weighted by Crippen LogP contribution is 2.27. The number of carbonyl (C=O) groups is 2. The molecule has 2 aliphatic heterocycles. The molecule has 0 aromatic heterocycles. The van der Waals surface area contributed by atoms with Gasteiger partial charge in [0.25, 0.3) is 5.91 Å². The minimum atomic E-state index is -0.353. The molecule has 25 heavy (non-hydrogen) atoms. The summed E-state index contributed by atoms with van der Waals surface area (Å²) < 4.78 is 0. The SMILES string of the molecule is CNCC1CCN(C(=O)C2CSCN2C(=O)c2ccc(Cl)cc2)CC1. The van der Waals surface area contributed by atoms with Gasteiger partial charge in [-0.25, -0.2) is 0 Å². The minimum Gasteiger partial charge on any atom is -0.341 e. The van der Waals surface area contributed by atoms with Crippen LogP contribution >= 0.6 is 23.4 Å². The first kappa shape index (κ1) is 18.5. The molecular weight excluding hydrogens is 358 g/mol. The lowest BCUT2D eigenvalue weighted by molar-refractivity contribution is -0.136. The van der Waals surface area contributed by atoms with Gasteiger partial charge in [0.1, 0.15) is 6.04 Å². The standard InChI is InChI=1S/C18H24ClN3O2S/c1-20-10-13-6-8-21(9-7-13)18(24)16-11-25-12-22(16)17(23)14-2-4-15(19)5-3-14/h2-5,13,16,20H,6-12H2,1H3. The van der Waals surface area contributed by atoms with Gasteiger partial charge in [-0.2, -0.15) is 0 Å². The Morgan fingerprint density at radius 1 is 1.24 bits per heavy atom. The number of likely N-dealkylation sites (tertiary alicyclic amines) is 1. The zero-order valence-corrected chi connectivity index (χ0v) is 16.0. The summed E-state index contributed by atoms with van der Waals surface area (Å²) in [6, 6.07) is 6.51. The molecule has 2 aliphatic rings. The fourth-order valence-electron chi connectivity index (χ4n) is 3.46. The van der Waals surface area contributed by atoms with Gasteiger partial charge in [0.05, 0.1) is 5.88 Å². The summed E-state index contributed by atoms with van der Waals surface area (Å²) in [5, 5.41) is 3.81. The molecule has 3 rings (SSSR count). The van der Waals surface area contributed by atoms with Crippen molar-refractivity contribution in [2.24, 2.45) is 5.92 Å². The van der Waals surface area contributed by atoms with Gasteiger partial charge in [-0.3, -0.25) is 9.59 Å². The Kier molecular flexibility index (Phi) is 6.25. The number of amides is 2. The van der Waals surface area contributed by atoms with E-state index in [0.29, 0.717) is 28.1 Å². The molecule has 0 radical (unpaired) electrons. The summed E-state index contributed by atoms with van der Waals surface area (Å²) >= 11 is 7.54. The molecule has 0 saturated carbocycles. The first-order chi connectivity index (χ1) is 12.1. The molecule has 2 amide bonds. The van der Waals surface area contributed by atoms with Crippen molar-refractivity contribution in [3.05, 3.63) is 34.9 Å². The van der Waals surface area contributed by atoms with Crippen molar-refractivity contribution in [2.75, 3.05) is 38.3 Å². The van der Waals surface area contributed by atoms with Crippen LogP contribution in [-0.2, 0) is 4.79 Å². The van der Waals surface area contributed by atoms with Gasteiger partial charge >= 0.3 is 0 Å². The number of carbonyl (C=O) groups excluding carboxylic acids is 2. The van der Waals surface area contributed by atoms with E-state index in [-0.39, 0.29) is 17.9 Å². The molecule has 2 saturated heterocycles. The Balaban J connectivity index is 1.64. The predicted octanol–water partition coefficient (Wildman–Crippen LogP) is 2.31. The van der Waals surface area contributed by atoms with E-state index < -0.39 is 0 Å². The number of hydrogen-bond donors (Lipinski definition) is 1. The van der Waals surface area contributed by atoms with Crippen LogP contribution in [0.3, 0.4) is 0 Å². The van der Waals surface area contributed by atoms with Crippen molar-refractivity contribution < 1.29 is 9.59 Å². The van der Waals surface area contributed by atoms with Crippen molar-refractivity contribution >= 4 is 35.2 Å². The van der Waals surface area contributed by atoms with Crippen LogP contribution < -0.4 is 5.32 Å². The van der Waals surface area contributed by atoms with Crippen molar-refractivity contribution in [3.63, 3.8) is 0 Å². The Morgan fingerprint density at radius 2 is 1.92 bits per heavy atom. The summed E-state index contributed by atoms with van der Waals surface area (Å²) in [6.07, 6.45) is 2.05. The van der Waals surface area contributed by atoms with Gasteiger partial charge < -0.3 is 15.1 Å². The molecule has 1 aromatic rings. The van der Waals surface area contributed by atoms with Gasteiger partial charge in [-0.05, 0) is 56.6 Å². The number of piperidine rings is 1. The molecule has 1 atom stereocenters. The van der Waals surface area contributed by atoms with Crippen LogP contribution in [0.15, 0.2) is 24.3 Å². The Bertz CT molecular complexity index is 617. The first-order valence-electron chi connectivity index (χ1n) is 8.68. The van der Waals surface area contributed by atoms with Crippen molar-refractivity contribution in [2.45, 2.75) is 18.9 Å². The van der Waals surface area contributed by atoms with E-state index in [2.05, 4.69) is 5.32 Å². The highest BCUT2D eigenvalue weighted by Gasteiger charge is 2.38. The highest BCUT2D eigenvalue weighted by molar-refractivity contribution is 7.99. The van der Waals surface area contributed by atoms with Crippen LogP contribution in [0.4, 0.5) is 0 Å². The van der Waals surface area contributed by atoms with Crippen LogP contribution in [0.1, 0.15) is 23.2 Å². The van der Waals surface area contributed by atoms with E-state index >= 15 is 0 Å². The van der Waals surface area contributed by atoms with E-state index in [1.807, 2.05) is 11.9 Å². The Morgan fingerprint density at radius 3 is 2.56 bits per heavy atom. The van der Waals surface area contributed by atoms with Crippen LogP contribution in [0.5, 0.6) is 0 Å². The lowest BCUT2D eigenvalue weighted by Crippen LogP contribution is -2.51. The third-order valence-electron chi connectivity index (χ3n) is 4.94. The van der Waals surface area contributed by atoms with Crippen molar-refractivity contribution in [1.82, 2.24) is 15.1 Å². The van der Waals surface area contributed by atoms with Crippen LogP contribution in [0, 0.1) is 5.92 Å². The third-order valence-corrected chi connectivity index (χ3v) is 6.20. The fourth-order valence-corrected chi connectivity index (χ4v) is 4.73. The van der Waals surface area contributed by atoms with E-state index in [4.69, 9.17) is 11.6 Å². The number of nitrogens with one attached hydrogen (secondary N) is 1. The number of halogens is 1. The number of hydrogen-bond acceptors (Lipinski definition) is 4. The van der Waals surface area contributed by atoms with Crippen LogP contribution in [0.25, 0.3) is 0 Å². The maximum Gasteiger partial charge on any atom is 0.255 e. The van der Waals surface area contributed by atoms with E-state index in [9.17, 15) is 9.59 Å². The molecule has 5 nitrogen and oxygen atoms in total. The average Bonchev–Trinajstić information content (AvgIpc) is 3.12. The molecule has 0 aliphatic carbocycles. The molecule has 136 valence electrons. The van der Waals surface area contributed by atoms with Crippen molar-refractivity contribution in [1.29, 1.82) is 0 Å². The number of benzene rings is 1. The zero-order valence-electron chi connectivity index (χ0n) is 14.4. The van der Waals surface area contributed by atoms with Gasteiger partial charge in [0, 0.05) is 29.4 Å². The quantitative estimate of drug-likeness (QED) is 0.869. The lowest BCUT2D eigenvalue weighted by Gasteiger charge is -2.35. The highest BCUT2D eigenvalue weighted by atomic mass is 35.5. The summed E-state index contributed by atoms with van der Waals surface area (Å²) in [4.78, 5) is 29.4. The number of nitrogens with zero attached hydrogens (tertiary/aromatic N) is 2. The number of thioether (sulfide) groups is 1. The van der Waals surface area contributed by atoms with Gasteiger partial charge in [0.2, 0.25) is 5.91 Å². The van der Waals surface area contributed by atoms with Gasteiger partial charge in [-0.15, -0.1) is 11.8 Å². The van der Waals surface area contributed by atoms with Gasteiger partial charge in [0.15, 0.2) is 0 Å². The molecule has 2 fully saturated rings. The second kappa shape index (κ2) is 8.43. The smallest absolute Gasteiger partial charge is 0.255 e. The monoisotopic (exact) mass is 381 g/mol. The summed E-state index contributed by atoms with van der Waals surface area (Å²) in [5.74, 6) is 1.88. The molecule has 1 unspecified atom stereocenters. The normalized spacial score (nSPS) is 21.6. The summed E-state index contributed by atoms with van der Waals surface area (Å²) in [7, 11) is 1.97. The largest absolute Gasteiger partial charge is 0.341 e. The fraction of sp³-hybridized carbons (Fsp3) is 0.556. The predicted molar refractivity (Wildman–Crippen MR) is 102 cm³/mol. The third kappa shape index (κ3) is 4.30. The van der Waals surface area contributed by atoms with Crippen molar-refractivity contribution in [3.8, 4) is 0 Å². The number of rotatable bonds is 4. The Labute approximate surface area is 158 Å². The minimum absolute atomic E-state index is 0.0925. The molecular formula is C18H24ClN3O2S. The topological polar surface area (TPSA) is 52.7 Å². The van der Waals surface area contributed by atoms with Crippen LogP contribution in [0.2, 0.25) is 5.02 Å². The van der Waals surface area contributed by atoms with E-state index in [0.717, 1.165) is 32.5 Å². The van der Waals surface area contributed by atoms with Gasteiger partial charge in [-0.1, -0.05) is 11.6 Å². The average molecular weight is 382 g/mol. The van der Waals surface area contributed by atoms with E-state index in [1.54, 1.807) is 40.9 Å². The zero-order chi connectivity index (χ0) is 17.8. The first-order valence-corrected chi connectivity index (χ1v) is 10.2. The second-order valence-corrected chi connectivity index (χ2v) is 8.06. The molecule has 0 spiro atoms. The molecule has 7 heteroatoms. The maximum absolute atomic E-state index is 12.9. The molecule has 1 aromatic carbocycles. The van der Waals surface area contributed by atoms with Crippen LogP contribution in [-0.4, -0.2) is 66.0 Å². The maximum atomic E-state index is 12.9. The molecule has 2 heterocycles. The summed E-state index contributed by atoms with van der Waals surface area (Å²) in [6.45, 7) is 2.58. The Hall–Kier alpha value is -1.24. The lowest BCUT2D eigenvalue weighted by atomic mass is 9.96.